The minimum absolute atomic E-state index is 0.593. The number of pyridine rings is 1. The number of rotatable bonds is 8. The van der Waals surface area contributed by atoms with Crippen molar-refractivity contribution in [1.82, 2.24) is 33.2 Å². The van der Waals surface area contributed by atoms with Gasteiger partial charge in [0.25, 0.3) is 0 Å². The lowest BCUT2D eigenvalue weighted by atomic mass is 9.99. The summed E-state index contributed by atoms with van der Waals surface area (Å²) in [4.78, 5) is 15.5. The van der Waals surface area contributed by atoms with Gasteiger partial charge in [-0.2, -0.15) is 10.5 Å². The third-order valence-electron chi connectivity index (χ3n) is 19.7. The highest BCUT2D eigenvalue weighted by molar-refractivity contribution is 6.15. The monoisotopic (exact) mass is 1270 g/mol. The van der Waals surface area contributed by atoms with Crippen molar-refractivity contribution in [2.45, 2.75) is 0 Å². The summed E-state index contributed by atoms with van der Waals surface area (Å²) < 4.78 is 9.14. The maximum atomic E-state index is 9.65. The fraction of sp³-hybridized carbons (Fsp3) is 0. The molecule has 9 nitrogen and oxygen atoms in total. The van der Waals surface area contributed by atoms with Gasteiger partial charge in [0, 0.05) is 70.8 Å². The fourth-order valence-corrected chi connectivity index (χ4v) is 15.2. The lowest BCUT2D eigenvalue weighted by Gasteiger charge is -2.13. The Hall–Kier alpha value is -14.0. The van der Waals surface area contributed by atoms with Crippen molar-refractivity contribution >= 4 is 109 Å². The van der Waals surface area contributed by atoms with Gasteiger partial charge in [-0.25, -0.2) is 15.0 Å². The van der Waals surface area contributed by atoms with E-state index in [1.165, 1.54) is 65.5 Å². The molecule has 0 amide bonds. The summed E-state index contributed by atoms with van der Waals surface area (Å²) in [7, 11) is 0. The summed E-state index contributed by atoms with van der Waals surface area (Å²) in [6.07, 6.45) is 0. The third kappa shape index (κ3) is 9.41. The molecule has 6 heterocycles. The Morgan fingerprint density at radius 2 is 0.590 bits per heavy atom. The highest BCUT2D eigenvalue weighted by Gasteiger charge is 2.22. The molecule has 0 saturated heterocycles. The molecule has 100 heavy (non-hydrogen) atoms. The molecule has 0 N–H and O–H groups in total. The molecule has 0 aliphatic heterocycles. The molecule has 20 rings (SSSR count). The first-order valence-electron chi connectivity index (χ1n) is 33.4. The van der Waals surface area contributed by atoms with Gasteiger partial charge in [-0.1, -0.05) is 194 Å². The van der Waals surface area contributed by atoms with Gasteiger partial charge in [-0.05, 0) is 173 Å². The summed E-state index contributed by atoms with van der Waals surface area (Å²) in [5.74, 6) is 1.44. The van der Waals surface area contributed by atoms with E-state index in [-0.39, 0.29) is 0 Å². The Bertz CT molecular complexity index is 6400. The van der Waals surface area contributed by atoms with Crippen LogP contribution in [0.5, 0.6) is 0 Å². The number of aromatic nitrogens is 7. The van der Waals surface area contributed by atoms with E-state index in [0.717, 1.165) is 105 Å². The molecule has 0 radical (unpaired) electrons. The van der Waals surface area contributed by atoms with Gasteiger partial charge < -0.3 is 9.13 Å². The molecule has 14 aromatic carbocycles. The average molecular weight is 1270 g/mol. The van der Waals surface area contributed by atoms with E-state index in [4.69, 9.17) is 15.0 Å². The first kappa shape index (κ1) is 57.5. The lowest BCUT2D eigenvalue weighted by Crippen LogP contribution is -2.03. The van der Waals surface area contributed by atoms with Crippen molar-refractivity contribution in [1.29, 1.82) is 10.5 Å². The van der Waals surface area contributed by atoms with Crippen molar-refractivity contribution in [3.05, 3.63) is 345 Å². The standard InChI is InChI=1S/C46H28N4.C45H27N5/c47-29-30-11-10-12-33(25-30)38-28-46(48-41-18-7-4-15-35(38)41)50-43-20-9-6-17-37(43)40-27-32(22-24-45(40)50)31-21-23-44-39(26-31)36-16-5-8-19-42(36)49(44)34-13-2-1-3-14-34;46-28-29-11-10-12-32(25-29)44-36-17-4-7-18-39(36)47-45(48-44)50-41-20-9-6-16-35(41)38-27-31(22-24-43(38)50)30-21-23-42-37(26-30)34-15-5-8-19-40(34)49(42)33-13-2-1-3-14-33/h1-28H;1-27H. The van der Waals surface area contributed by atoms with Crippen molar-refractivity contribution in [3.8, 4) is 79.9 Å². The van der Waals surface area contributed by atoms with Crippen LogP contribution in [-0.4, -0.2) is 33.2 Å². The molecule has 0 aliphatic carbocycles. The highest BCUT2D eigenvalue weighted by Crippen LogP contribution is 2.43. The van der Waals surface area contributed by atoms with Gasteiger partial charge in [0.15, 0.2) is 0 Å². The zero-order valence-corrected chi connectivity index (χ0v) is 53.8. The SMILES string of the molecule is N#Cc1cccc(-c2cc(-n3c4ccccc4c4cc(-c5ccc6c(c5)c5ccccc5n6-c5ccccc5)ccc43)nc3ccccc23)c1.N#Cc1cccc(-c2nc(-n3c4ccccc4c4cc(-c5ccc6c(c5)c5ccccc5n6-c5ccccc5)ccc43)nc3ccccc23)c1. The van der Waals surface area contributed by atoms with Gasteiger partial charge >= 0.3 is 0 Å². The average Bonchev–Trinajstić information content (AvgIpc) is 1.57. The molecular weight excluding hydrogens is 1220 g/mol. The van der Waals surface area contributed by atoms with Crippen molar-refractivity contribution in [2.24, 2.45) is 0 Å². The molecule has 0 bridgehead atoms. The molecule has 0 saturated carbocycles. The zero-order chi connectivity index (χ0) is 66.4. The van der Waals surface area contributed by atoms with Gasteiger partial charge in [0.2, 0.25) is 5.95 Å². The van der Waals surface area contributed by atoms with E-state index in [9.17, 15) is 10.5 Å². The zero-order valence-electron chi connectivity index (χ0n) is 53.8. The van der Waals surface area contributed by atoms with Crippen LogP contribution in [0.3, 0.4) is 0 Å². The van der Waals surface area contributed by atoms with E-state index in [1.807, 2.05) is 78.9 Å². The summed E-state index contributed by atoms with van der Waals surface area (Å²) in [6, 6.07) is 121. The summed E-state index contributed by atoms with van der Waals surface area (Å²) in [5, 5.41) is 30.8. The molecule has 9 heteroatoms. The third-order valence-corrected chi connectivity index (χ3v) is 19.7. The molecule has 0 unspecified atom stereocenters. The minimum atomic E-state index is 0.593. The molecule has 464 valence electrons. The van der Waals surface area contributed by atoms with Gasteiger partial charge in [-0.15, -0.1) is 0 Å². The van der Waals surface area contributed by atoms with Crippen LogP contribution < -0.4 is 0 Å². The van der Waals surface area contributed by atoms with Crippen LogP contribution in [0.15, 0.2) is 334 Å². The van der Waals surface area contributed by atoms with E-state index in [2.05, 4.69) is 285 Å². The van der Waals surface area contributed by atoms with Crippen LogP contribution >= 0.6 is 0 Å². The number of nitriles is 2. The van der Waals surface area contributed by atoms with Crippen LogP contribution in [0.25, 0.3) is 177 Å². The quantitative estimate of drug-likeness (QED) is 0.151. The first-order valence-corrected chi connectivity index (χ1v) is 33.4. The lowest BCUT2D eigenvalue weighted by molar-refractivity contribution is 1.01. The molecule has 0 fully saturated rings. The Morgan fingerprint density at radius 1 is 0.230 bits per heavy atom. The Morgan fingerprint density at radius 3 is 1.07 bits per heavy atom. The van der Waals surface area contributed by atoms with E-state index >= 15 is 0 Å². The predicted octanol–water partition coefficient (Wildman–Crippen LogP) is 22.7. The van der Waals surface area contributed by atoms with Crippen molar-refractivity contribution in [3.63, 3.8) is 0 Å². The molecule has 6 aromatic heterocycles. The number of fused-ring (bicyclic) bond motifs is 14. The maximum absolute atomic E-state index is 9.65. The number of hydrogen-bond donors (Lipinski definition) is 0. The molecule has 20 aromatic rings. The van der Waals surface area contributed by atoms with Crippen LogP contribution in [0, 0.1) is 22.7 Å². The second kappa shape index (κ2) is 23.4. The highest BCUT2D eigenvalue weighted by atomic mass is 15.2. The molecular formula is C91H55N9. The summed E-state index contributed by atoms with van der Waals surface area (Å²) in [6.45, 7) is 0. The Kier molecular flexibility index (Phi) is 13.5. The van der Waals surface area contributed by atoms with Gasteiger partial charge in [-0.3, -0.25) is 9.13 Å². The van der Waals surface area contributed by atoms with Gasteiger partial charge in [0.05, 0.1) is 84.1 Å². The predicted molar refractivity (Wildman–Crippen MR) is 410 cm³/mol. The van der Waals surface area contributed by atoms with Crippen molar-refractivity contribution < 1.29 is 0 Å². The topological polar surface area (TPSA) is 106 Å². The van der Waals surface area contributed by atoms with E-state index in [1.54, 1.807) is 0 Å². The molecule has 0 atom stereocenters. The summed E-state index contributed by atoms with van der Waals surface area (Å²) in [5.41, 5.74) is 22.7. The number of nitrogens with zero attached hydrogens (tertiary/aromatic N) is 9. The fourth-order valence-electron chi connectivity index (χ4n) is 15.2. The Labute approximate surface area is 574 Å². The summed E-state index contributed by atoms with van der Waals surface area (Å²) >= 11 is 0. The van der Waals surface area contributed by atoms with Crippen LogP contribution in [0.1, 0.15) is 11.1 Å². The normalized spacial score (nSPS) is 11.6. The first-order chi connectivity index (χ1) is 49.5. The number of benzene rings is 14. The van der Waals surface area contributed by atoms with Crippen LogP contribution in [-0.2, 0) is 0 Å². The second-order valence-electron chi connectivity index (χ2n) is 25.3. The number of para-hydroxylation sites is 8. The van der Waals surface area contributed by atoms with Crippen LogP contribution in [0.2, 0.25) is 0 Å². The smallest absolute Gasteiger partial charge is 0.235 e. The molecule has 0 spiro atoms. The van der Waals surface area contributed by atoms with Crippen molar-refractivity contribution in [2.75, 3.05) is 0 Å². The second-order valence-corrected chi connectivity index (χ2v) is 25.3. The number of hydrogen-bond acceptors (Lipinski definition) is 5. The van der Waals surface area contributed by atoms with E-state index < -0.39 is 0 Å². The van der Waals surface area contributed by atoms with Crippen LogP contribution in [0.4, 0.5) is 0 Å². The minimum Gasteiger partial charge on any atom is -0.309 e. The van der Waals surface area contributed by atoms with E-state index in [0.29, 0.717) is 17.1 Å². The largest absolute Gasteiger partial charge is 0.309 e. The maximum Gasteiger partial charge on any atom is 0.235 e. The molecule has 0 aliphatic rings. The van der Waals surface area contributed by atoms with Gasteiger partial charge in [0.1, 0.15) is 5.82 Å². The Balaban J connectivity index is 0.000000139.